The van der Waals surface area contributed by atoms with E-state index in [0.29, 0.717) is 12.8 Å². The van der Waals surface area contributed by atoms with Crippen molar-refractivity contribution >= 4 is 5.69 Å². The number of aliphatic hydroxyl groups is 1. The summed E-state index contributed by atoms with van der Waals surface area (Å²) in [6, 6.07) is 12.5. The summed E-state index contributed by atoms with van der Waals surface area (Å²) in [5.41, 5.74) is 0.402. The third-order valence-corrected chi connectivity index (χ3v) is 3.96. The predicted octanol–water partition coefficient (Wildman–Crippen LogP) is 2.57. The van der Waals surface area contributed by atoms with Gasteiger partial charge in [0.15, 0.2) is 0 Å². The molecule has 1 N–H and O–H groups in total. The smallest absolute Gasteiger partial charge is 0.0838 e. The third-order valence-electron chi connectivity index (χ3n) is 3.96. The van der Waals surface area contributed by atoms with E-state index in [0.717, 1.165) is 19.5 Å². The Bertz CT molecular complexity index is 416. The minimum Gasteiger partial charge on any atom is -0.388 e. The van der Waals surface area contributed by atoms with Crippen molar-refractivity contribution in [3.05, 3.63) is 30.3 Å². The van der Waals surface area contributed by atoms with Crippen LogP contribution >= 0.6 is 0 Å². The molecule has 1 saturated heterocycles. The number of nitriles is 1. The summed E-state index contributed by atoms with van der Waals surface area (Å²) in [5.74, 6) is -0.240. The molecule has 1 aromatic carbocycles. The van der Waals surface area contributed by atoms with Gasteiger partial charge >= 0.3 is 0 Å². The zero-order valence-corrected chi connectivity index (χ0v) is 10.8. The highest BCUT2D eigenvalue weighted by Crippen LogP contribution is 2.33. The van der Waals surface area contributed by atoms with Crippen LogP contribution in [0.5, 0.6) is 0 Å². The predicted molar refractivity (Wildman–Crippen MR) is 72.2 cm³/mol. The number of hydrogen-bond donors (Lipinski definition) is 1. The molecular weight excluding hydrogens is 224 g/mol. The van der Waals surface area contributed by atoms with Crippen molar-refractivity contribution < 1.29 is 5.11 Å². The molecule has 1 heterocycles. The highest BCUT2D eigenvalue weighted by molar-refractivity contribution is 5.46. The number of anilines is 1. The van der Waals surface area contributed by atoms with Gasteiger partial charge < -0.3 is 10.0 Å². The molecule has 0 aliphatic carbocycles. The van der Waals surface area contributed by atoms with E-state index in [1.54, 1.807) is 0 Å². The van der Waals surface area contributed by atoms with E-state index in [1.165, 1.54) is 5.69 Å². The minimum absolute atomic E-state index is 0.240. The van der Waals surface area contributed by atoms with E-state index in [9.17, 15) is 5.11 Å². The first-order chi connectivity index (χ1) is 8.69. The Morgan fingerprint density at radius 1 is 1.33 bits per heavy atom. The van der Waals surface area contributed by atoms with Crippen LogP contribution in [0.25, 0.3) is 0 Å². The van der Waals surface area contributed by atoms with E-state index in [-0.39, 0.29) is 5.92 Å². The Morgan fingerprint density at radius 2 is 1.94 bits per heavy atom. The normalized spacial score (nSPS) is 20.2. The second-order valence-corrected chi connectivity index (χ2v) is 5.02. The molecule has 1 aromatic rings. The molecular formula is C15H20N2O. The van der Waals surface area contributed by atoms with Gasteiger partial charge in [0.2, 0.25) is 0 Å². The molecule has 0 spiro atoms. The Labute approximate surface area is 109 Å². The summed E-state index contributed by atoms with van der Waals surface area (Å²) in [7, 11) is 0. The van der Waals surface area contributed by atoms with Crippen LogP contribution in [0.1, 0.15) is 26.2 Å². The van der Waals surface area contributed by atoms with Crippen molar-refractivity contribution in [2.45, 2.75) is 31.8 Å². The molecule has 1 fully saturated rings. The van der Waals surface area contributed by atoms with Gasteiger partial charge in [-0.3, -0.25) is 0 Å². The van der Waals surface area contributed by atoms with Gasteiger partial charge in [-0.25, -0.2) is 0 Å². The fourth-order valence-corrected chi connectivity index (χ4v) is 2.73. The number of hydrogen-bond acceptors (Lipinski definition) is 3. The second-order valence-electron chi connectivity index (χ2n) is 5.02. The average Bonchev–Trinajstić information content (AvgIpc) is 2.42. The van der Waals surface area contributed by atoms with Crippen molar-refractivity contribution in [1.29, 1.82) is 5.26 Å². The molecule has 0 bridgehead atoms. The highest BCUT2D eigenvalue weighted by atomic mass is 16.3. The molecule has 1 aliphatic heterocycles. The highest BCUT2D eigenvalue weighted by Gasteiger charge is 2.38. The first kappa shape index (κ1) is 12.9. The molecule has 1 unspecified atom stereocenters. The first-order valence-corrected chi connectivity index (χ1v) is 6.61. The lowest BCUT2D eigenvalue weighted by Crippen LogP contribution is -2.48. The van der Waals surface area contributed by atoms with E-state index in [1.807, 2.05) is 25.1 Å². The van der Waals surface area contributed by atoms with Crippen molar-refractivity contribution in [1.82, 2.24) is 0 Å². The van der Waals surface area contributed by atoms with Crippen molar-refractivity contribution in [2.75, 3.05) is 18.0 Å². The standard InChI is InChI=1S/C15H20N2O/c1-2-13(12-16)15(18)8-10-17(11-9-15)14-6-4-3-5-7-14/h3-7,13,18H,2,8-11H2,1H3. The number of piperidine rings is 1. The largest absolute Gasteiger partial charge is 0.388 e. The molecule has 0 saturated carbocycles. The zero-order valence-electron chi connectivity index (χ0n) is 10.8. The summed E-state index contributed by atoms with van der Waals surface area (Å²) < 4.78 is 0. The van der Waals surface area contributed by atoms with Gasteiger partial charge in [-0.2, -0.15) is 5.26 Å². The second kappa shape index (κ2) is 5.41. The van der Waals surface area contributed by atoms with Crippen LogP contribution in [0.4, 0.5) is 5.69 Å². The van der Waals surface area contributed by atoms with Crippen molar-refractivity contribution in [3.63, 3.8) is 0 Å². The Hall–Kier alpha value is -1.53. The van der Waals surface area contributed by atoms with Gasteiger partial charge in [0.1, 0.15) is 0 Å². The van der Waals surface area contributed by atoms with E-state index >= 15 is 0 Å². The average molecular weight is 244 g/mol. The molecule has 18 heavy (non-hydrogen) atoms. The van der Waals surface area contributed by atoms with Crippen LogP contribution in [0.2, 0.25) is 0 Å². The Morgan fingerprint density at radius 3 is 2.44 bits per heavy atom. The van der Waals surface area contributed by atoms with Gasteiger partial charge in [-0.15, -0.1) is 0 Å². The fraction of sp³-hybridized carbons (Fsp3) is 0.533. The molecule has 2 rings (SSSR count). The Kier molecular flexibility index (Phi) is 3.88. The van der Waals surface area contributed by atoms with Gasteiger partial charge in [-0.05, 0) is 31.4 Å². The first-order valence-electron chi connectivity index (χ1n) is 6.61. The molecule has 3 heteroatoms. The van der Waals surface area contributed by atoms with Crippen LogP contribution in [0.15, 0.2) is 30.3 Å². The number of para-hydroxylation sites is 1. The zero-order chi connectivity index (χ0) is 13.0. The van der Waals surface area contributed by atoms with Crippen LogP contribution in [0, 0.1) is 17.2 Å². The maximum Gasteiger partial charge on any atom is 0.0838 e. The summed E-state index contributed by atoms with van der Waals surface area (Å²) in [6.45, 7) is 3.60. The van der Waals surface area contributed by atoms with E-state index < -0.39 is 5.60 Å². The van der Waals surface area contributed by atoms with E-state index in [2.05, 4.69) is 23.1 Å². The summed E-state index contributed by atoms with van der Waals surface area (Å²) in [6.07, 6.45) is 2.07. The molecule has 1 aliphatic rings. The molecule has 0 aromatic heterocycles. The molecule has 3 nitrogen and oxygen atoms in total. The van der Waals surface area contributed by atoms with Crippen LogP contribution in [0.3, 0.4) is 0 Å². The van der Waals surface area contributed by atoms with Crippen LogP contribution in [-0.4, -0.2) is 23.8 Å². The maximum atomic E-state index is 10.5. The molecule has 0 amide bonds. The van der Waals surface area contributed by atoms with Crippen LogP contribution in [-0.2, 0) is 0 Å². The quantitative estimate of drug-likeness (QED) is 0.889. The minimum atomic E-state index is -0.797. The SMILES string of the molecule is CCC(C#N)C1(O)CCN(c2ccccc2)CC1. The summed E-state index contributed by atoms with van der Waals surface area (Å²) >= 11 is 0. The molecule has 96 valence electrons. The van der Waals surface area contributed by atoms with E-state index in [4.69, 9.17) is 5.26 Å². The maximum absolute atomic E-state index is 10.5. The van der Waals surface area contributed by atoms with Gasteiger partial charge in [0.05, 0.1) is 17.6 Å². The third kappa shape index (κ3) is 2.49. The lowest BCUT2D eigenvalue weighted by molar-refractivity contribution is -0.0207. The number of nitrogens with zero attached hydrogens (tertiary/aromatic N) is 2. The Balaban J connectivity index is 2.02. The topological polar surface area (TPSA) is 47.3 Å². The van der Waals surface area contributed by atoms with Gasteiger partial charge in [0, 0.05) is 18.8 Å². The van der Waals surface area contributed by atoms with Crippen LogP contribution < -0.4 is 4.90 Å². The lowest BCUT2D eigenvalue weighted by Gasteiger charge is -2.41. The molecule has 1 atom stereocenters. The lowest BCUT2D eigenvalue weighted by atomic mass is 9.79. The fourth-order valence-electron chi connectivity index (χ4n) is 2.73. The monoisotopic (exact) mass is 244 g/mol. The van der Waals surface area contributed by atoms with Crippen molar-refractivity contribution in [2.24, 2.45) is 5.92 Å². The number of benzene rings is 1. The number of rotatable bonds is 3. The summed E-state index contributed by atoms with van der Waals surface area (Å²) in [4.78, 5) is 2.28. The van der Waals surface area contributed by atoms with Gasteiger partial charge in [-0.1, -0.05) is 25.1 Å². The van der Waals surface area contributed by atoms with Gasteiger partial charge in [0.25, 0.3) is 0 Å². The summed E-state index contributed by atoms with van der Waals surface area (Å²) in [5, 5.41) is 19.6. The molecule has 0 radical (unpaired) electrons. The van der Waals surface area contributed by atoms with Crippen molar-refractivity contribution in [3.8, 4) is 6.07 Å².